The maximum atomic E-state index is 12.8. The molecule has 0 unspecified atom stereocenters. The van der Waals surface area contributed by atoms with Gasteiger partial charge in [-0.1, -0.05) is 30.3 Å². The summed E-state index contributed by atoms with van der Waals surface area (Å²) in [7, 11) is 0. The highest BCUT2D eigenvalue weighted by molar-refractivity contribution is 5.92. The molecule has 0 saturated carbocycles. The molecule has 0 spiro atoms. The van der Waals surface area contributed by atoms with Crippen molar-refractivity contribution >= 4 is 11.9 Å². The number of benzene rings is 1. The highest BCUT2D eigenvalue weighted by Gasteiger charge is 2.22. The number of anilines is 1. The van der Waals surface area contributed by atoms with Gasteiger partial charge in [-0.25, -0.2) is 9.97 Å². The van der Waals surface area contributed by atoms with Gasteiger partial charge in [0.25, 0.3) is 5.91 Å². The molecule has 0 aliphatic carbocycles. The molecule has 2 aromatic rings. The molecular formula is C20H26N4O2. The fourth-order valence-electron chi connectivity index (χ4n) is 2.98. The molecule has 26 heavy (non-hydrogen) atoms. The van der Waals surface area contributed by atoms with Crippen molar-refractivity contribution in [1.29, 1.82) is 0 Å². The highest BCUT2D eigenvalue weighted by atomic mass is 16.5. The quantitative estimate of drug-likeness (QED) is 0.826. The van der Waals surface area contributed by atoms with Gasteiger partial charge in [0.1, 0.15) is 5.69 Å². The minimum atomic E-state index is -0.0523. The molecule has 3 rings (SSSR count). The van der Waals surface area contributed by atoms with Crippen molar-refractivity contribution in [3.8, 4) is 0 Å². The number of hydrogen-bond donors (Lipinski definition) is 0. The van der Waals surface area contributed by atoms with Gasteiger partial charge in [0, 0.05) is 31.4 Å². The Morgan fingerprint density at radius 3 is 2.54 bits per heavy atom. The zero-order valence-electron chi connectivity index (χ0n) is 15.7. The van der Waals surface area contributed by atoms with Gasteiger partial charge in [0.2, 0.25) is 5.95 Å². The fourth-order valence-corrected chi connectivity index (χ4v) is 2.98. The summed E-state index contributed by atoms with van der Waals surface area (Å²) in [5.74, 6) is 0.545. The Morgan fingerprint density at radius 2 is 1.88 bits per heavy atom. The molecule has 1 aliphatic rings. The summed E-state index contributed by atoms with van der Waals surface area (Å²) in [6.07, 6.45) is 0. The van der Waals surface area contributed by atoms with E-state index in [1.54, 1.807) is 11.0 Å². The van der Waals surface area contributed by atoms with Crippen molar-refractivity contribution in [3.63, 3.8) is 0 Å². The number of carbonyl (C=O) groups is 1. The molecule has 1 aliphatic heterocycles. The molecule has 0 radical (unpaired) electrons. The van der Waals surface area contributed by atoms with Crippen LogP contribution in [0.1, 0.15) is 35.6 Å². The Morgan fingerprint density at radius 1 is 1.19 bits per heavy atom. The third-order valence-electron chi connectivity index (χ3n) is 4.44. The minimum absolute atomic E-state index is 0.0523. The van der Waals surface area contributed by atoms with Crippen LogP contribution in [0, 0.1) is 6.92 Å². The lowest BCUT2D eigenvalue weighted by atomic mass is 10.2. The number of amides is 1. The fraction of sp³-hybridized carbons (Fsp3) is 0.450. The first kappa shape index (κ1) is 18.3. The zero-order chi connectivity index (χ0) is 18.5. The summed E-state index contributed by atoms with van der Waals surface area (Å²) in [5.41, 5.74) is 2.44. The molecule has 2 heterocycles. The van der Waals surface area contributed by atoms with Crippen LogP contribution in [0.2, 0.25) is 0 Å². The summed E-state index contributed by atoms with van der Waals surface area (Å²) in [6, 6.07) is 12.2. The zero-order valence-corrected chi connectivity index (χ0v) is 15.7. The Labute approximate surface area is 154 Å². The van der Waals surface area contributed by atoms with Crippen LogP contribution in [0.15, 0.2) is 36.4 Å². The molecule has 1 aromatic heterocycles. The summed E-state index contributed by atoms with van der Waals surface area (Å²) in [6.45, 7) is 9.19. The number of ether oxygens (including phenoxy) is 1. The number of carbonyl (C=O) groups excluding carboxylic acids is 1. The van der Waals surface area contributed by atoms with Crippen molar-refractivity contribution < 1.29 is 9.53 Å². The van der Waals surface area contributed by atoms with Gasteiger partial charge >= 0.3 is 0 Å². The lowest BCUT2D eigenvalue weighted by Gasteiger charge is -2.29. The topological polar surface area (TPSA) is 58.6 Å². The van der Waals surface area contributed by atoms with E-state index < -0.39 is 0 Å². The van der Waals surface area contributed by atoms with E-state index in [0.29, 0.717) is 44.5 Å². The Bertz CT molecular complexity index is 743. The minimum Gasteiger partial charge on any atom is -0.378 e. The maximum Gasteiger partial charge on any atom is 0.272 e. The third kappa shape index (κ3) is 4.38. The van der Waals surface area contributed by atoms with E-state index in [-0.39, 0.29) is 11.9 Å². The van der Waals surface area contributed by atoms with Gasteiger partial charge in [0.15, 0.2) is 0 Å². The highest BCUT2D eigenvalue weighted by Crippen LogP contribution is 2.18. The maximum absolute atomic E-state index is 12.8. The Hall–Kier alpha value is -2.47. The Balaban J connectivity index is 1.87. The number of morpholine rings is 1. The monoisotopic (exact) mass is 354 g/mol. The molecule has 1 fully saturated rings. The molecule has 1 saturated heterocycles. The summed E-state index contributed by atoms with van der Waals surface area (Å²) in [5, 5.41) is 0. The smallest absolute Gasteiger partial charge is 0.272 e. The van der Waals surface area contributed by atoms with Crippen molar-refractivity contribution in [3.05, 3.63) is 53.3 Å². The van der Waals surface area contributed by atoms with Crippen LogP contribution in [-0.4, -0.2) is 53.1 Å². The lowest BCUT2D eigenvalue weighted by Crippen LogP contribution is -2.41. The van der Waals surface area contributed by atoms with Gasteiger partial charge in [-0.2, -0.15) is 0 Å². The van der Waals surface area contributed by atoms with Crippen molar-refractivity contribution in [2.45, 2.75) is 33.4 Å². The van der Waals surface area contributed by atoms with Crippen LogP contribution in [-0.2, 0) is 11.3 Å². The van der Waals surface area contributed by atoms with Gasteiger partial charge in [-0.15, -0.1) is 0 Å². The van der Waals surface area contributed by atoms with E-state index in [1.165, 1.54) is 5.56 Å². The molecule has 1 amide bonds. The first-order valence-electron chi connectivity index (χ1n) is 9.08. The van der Waals surface area contributed by atoms with Crippen molar-refractivity contribution in [1.82, 2.24) is 14.9 Å². The standard InChI is InChI=1S/C20H26N4O2/c1-15(2)24(14-17-7-5-4-6-8-17)20-21-16(3)13-18(22-20)19(25)23-9-11-26-12-10-23/h4-8,13,15H,9-12,14H2,1-3H3. The van der Waals surface area contributed by atoms with E-state index >= 15 is 0 Å². The number of nitrogens with zero attached hydrogens (tertiary/aromatic N) is 4. The average molecular weight is 354 g/mol. The normalized spacial score (nSPS) is 14.5. The van der Waals surface area contributed by atoms with Crippen LogP contribution in [0.5, 0.6) is 0 Å². The Kier molecular flexibility index (Phi) is 5.83. The molecule has 6 nitrogen and oxygen atoms in total. The molecule has 0 atom stereocenters. The molecule has 0 N–H and O–H groups in total. The van der Waals surface area contributed by atoms with Crippen LogP contribution in [0.3, 0.4) is 0 Å². The first-order valence-corrected chi connectivity index (χ1v) is 9.08. The number of hydrogen-bond acceptors (Lipinski definition) is 5. The van der Waals surface area contributed by atoms with E-state index in [2.05, 4.69) is 40.8 Å². The van der Waals surface area contributed by atoms with Gasteiger partial charge in [0.05, 0.1) is 13.2 Å². The van der Waals surface area contributed by atoms with E-state index in [9.17, 15) is 4.79 Å². The summed E-state index contributed by atoms with van der Waals surface area (Å²) < 4.78 is 5.33. The predicted octanol–water partition coefficient (Wildman–Crippen LogP) is 2.67. The lowest BCUT2D eigenvalue weighted by molar-refractivity contribution is 0.0299. The summed E-state index contributed by atoms with van der Waals surface area (Å²) in [4.78, 5) is 25.9. The van der Waals surface area contributed by atoms with Crippen LogP contribution in [0.4, 0.5) is 5.95 Å². The summed E-state index contributed by atoms with van der Waals surface area (Å²) >= 11 is 0. The SMILES string of the molecule is Cc1cc(C(=O)N2CCOCC2)nc(N(Cc2ccccc2)C(C)C)n1. The molecule has 1 aromatic carbocycles. The van der Waals surface area contributed by atoms with Crippen LogP contribution in [0.25, 0.3) is 0 Å². The number of rotatable bonds is 5. The number of aryl methyl sites for hydroxylation is 1. The second-order valence-corrected chi connectivity index (χ2v) is 6.81. The molecule has 138 valence electrons. The first-order chi connectivity index (χ1) is 12.5. The molecule has 6 heteroatoms. The molecule has 0 bridgehead atoms. The van der Waals surface area contributed by atoms with Gasteiger partial charge in [-0.05, 0) is 32.4 Å². The van der Waals surface area contributed by atoms with Gasteiger partial charge < -0.3 is 14.5 Å². The van der Waals surface area contributed by atoms with Gasteiger partial charge in [-0.3, -0.25) is 4.79 Å². The second kappa shape index (κ2) is 8.27. The predicted molar refractivity (Wildman–Crippen MR) is 101 cm³/mol. The van der Waals surface area contributed by atoms with Crippen molar-refractivity contribution in [2.75, 3.05) is 31.2 Å². The van der Waals surface area contributed by atoms with E-state index in [0.717, 1.165) is 5.69 Å². The largest absolute Gasteiger partial charge is 0.378 e. The van der Waals surface area contributed by atoms with E-state index in [1.807, 2.05) is 25.1 Å². The number of aromatic nitrogens is 2. The molecular weight excluding hydrogens is 328 g/mol. The van der Waals surface area contributed by atoms with Crippen LogP contribution >= 0.6 is 0 Å². The van der Waals surface area contributed by atoms with Crippen molar-refractivity contribution in [2.24, 2.45) is 0 Å². The average Bonchev–Trinajstić information content (AvgIpc) is 2.66. The third-order valence-corrected chi connectivity index (χ3v) is 4.44. The van der Waals surface area contributed by atoms with E-state index in [4.69, 9.17) is 4.74 Å². The second-order valence-electron chi connectivity index (χ2n) is 6.81. The van der Waals surface area contributed by atoms with Crippen LogP contribution < -0.4 is 4.90 Å².